The number of aromatic nitrogens is 2. The summed E-state index contributed by atoms with van der Waals surface area (Å²) in [4.78, 5) is 25.5. The van der Waals surface area contributed by atoms with Gasteiger partial charge in [0.05, 0.1) is 15.6 Å². The summed E-state index contributed by atoms with van der Waals surface area (Å²) >= 11 is 3.31. The number of thiazole rings is 1. The van der Waals surface area contributed by atoms with Gasteiger partial charge in [-0.25, -0.2) is 4.98 Å². The molecule has 3 aromatic heterocycles. The highest BCUT2D eigenvalue weighted by atomic mass is 32.1. The summed E-state index contributed by atoms with van der Waals surface area (Å²) < 4.78 is 0. The van der Waals surface area contributed by atoms with Crippen molar-refractivity contribution in [2.24, 2.45) is 0 Å². The number of thiophene rings is 1. The van der Waals surface area contributed by atoms with Crippen LogP contribution >= 0.6 is 22.7 Å². The van der Waals surface area contributed by atoms with Crippen LogP contribution in [0.2, 0.25) is 0 Å². The molecule has 1 saturated heterocycles. The molecule has 0 aromatic carbocycles. The van der Waals surface area contributed by atoms with Crippen LogP contribution in [0.5, 0.6) is 0 Å². The molecule has 0 aliphatic carbocycles. The molecule has 0 spiro atoms. The number of carbonyl (C=O) groups excluding carboxylic acids is 1. The minimum absolute atomic E-state index is 0.174. The number of rotatable bonds is 3. The molecule has 0 saturated carbocycles. The molecule has 25 heavy (non-hydrogen) atoms. The standard InChI is InChI=1S/C19H19N3OS2/c1-13-2-3-17(25-13)19(23)22-10-6-15(7-11-22)18-21-16(12-24-18)14-4-8-20-9-5-14/h2-5,8-9,12,15H,6-7,10-11H2,1H3. The van der Waals surface area contributed by atoms with E-state index in [9.17, 15) is 4.79 Å². The topological polar surface area (TPSA) is 46.1 Å². The van der Waals surface area contributed by atoms with E-state index in [1.165, 1.54) is 9.88 Å². The molecule has 6 heteroatoms. The summed E-state index contributed by atoms with van der Waals surface area (Å²) in [6, 6.07) is 7.93. The van der Waals surface area contributed by atoms with Crippen molar-refractivity contribution < 1.29 is 4.79 Å². The SMILES string of the molecule is Cc1ccc(C(=O)N2CCC(c3nc(-c4ccncc4)cs3)CC2)s1. The van der Waals surface area contributed by atoms with Crippen molar-refractivity contribution in [3.8, 4) is 11.3 Å². The predicted molar refractivity (Wildman–Crippen MR) is 102 cm³/mol. The maximum absolute atomic E-state index is 12.6. The molecule has 1 amide bonds. The Kier molecular flexibility index (Phi) is 4.63. The van der Waals surface area contributed by atoms with E-state index < -0.39 is 0 Å². The van der Waals surface area contributed by atoms with E-state index >= 15 is 0 Å². The number of likely N-dealkylation sites (tertiary alicyclic amines) is 1. The lowest BCUT2D eigenvalue weighted by Crippen LogP contribution is -2.37. The Labute approximate surface area is 155 Å². The molecule has 4 nitrogen and oxygen atoms in total. The Balaban J connectivity index is 1.41. The average molecular weight is 370 g/mol. The van der Waals surface area contributed by atoms with Gasteiger partial charge in [-0.05, 0) is 44.0 Å². The first-order valence-corrected chi connectivity index (χ1v) is 10.1. The first-order chi connectivity index (χ1) is 12.2. The summed E-state index contributed by atoms with van der Waals surface area (Å²) in [7, 11) is 0. The van der Waals surface area contributed by atoms with Gasteiger partial charge in [0.2, 0.25) is 0 Å². The molecule has 0 unspecified atom stereocenters. The van der Waals surface area contributed by atoms with Gasteiger partial charge in [-0.1, -0.05) is 0 Å². The third-order valence-corrected chi connectivity index (χ3v) is 6.58. The smallest absolute Gasteiger partial charge is 0.263 e. The van der Waals surface area contributed by atoms with Crippen LogP contribution in [0.3, 0.4) is 0 Å². The molecule has 4 heterocycles. The second-order valence-corrected chi connectivity index (χ2v) is 8.46. The average Bonchev–Trinajstić information content (AvgIpc) is 3.31. The second-order valence-electron chi connectivity index (χ2n) is 6.28. The van der Waals surface area contributed by atoms with Crippen LogP contribution in [0.25, 0.3) is 11.3 Å². The van der Waals surface area contributed by atoms with Crippen molar-refractivity contribution in [2.75, 3.05) is 13.1 Å². The van der Waals surface area contributed by atoms with Gasteiger partial charge < -0.3 is 4.90 Å². The van der Waals surface area contributed by atoms with Gasteiger partial charge in [0.1, 0.15) is 0 Å². The lowest BCUT2D eigenvalue weighted by Gasteiger charge is -2.30. The van der Waals surface area contributed by atoms with Crippen LogP contribution in [-0.4, -0.2) is 33.9 Å². The molecule has 0 N–H and O–H groups in total. The molecule has 1 aliphatic rings. The number of hydrogen-bond acceptors (Lipinski definition) is 5. The number of piperidine rings is 1. The van der Waals surface area contributed by atoms with Gasteiger partial charge in [-0.2, -0.15) is 0 Å². The van der Waals surface area contributed by atoms with Crippen molar-refractivity contribution in [3.05, 3.63) is 56.8 Å². The second kappa shape index (κ2) is 7.06. The van der Waals surface area contributed by atoms with Gasteiger partial charge in [0.25, 0.3) is 5.91 Å². The minimum atomic E-state index is 0.174. The van der Waals surface area contributed by atoms with E-state index in [0.717, 1.165) is 42.1 Å². The Morgan fingerprint density at radius 2 is 1.92 bits per heavy atom. The van der Waals surface area contributed by atoms with Crippen LogP contribution in [0, 0.1) is 6.92 Å². The first-order valence-electron chi connectivity index (χ1n) is 8.42. The van der Waals surface area contributed by atoms with Crippen molar-refractivity contribution in [1.29, 1.82) is 0 Å². The van der Waals surface area contributed by atoms with Crippen LogP contribution < -0.4 is 0 Å². The number of aryl methyl sites for hydroxylation is 1. The van der Waals surface area contributed by atoms with Crippen LogP contribution in [0.1, 0.15) is 38.3 Å². The van der Waals surface area contributed by atoms with Crippen LogP contribution in [0.15, 0.2) is 42.0 Å². The Morgan fingerprint density at radius 1 is 1.16 bits per heavy atom. The fourth-order valence-corrected chi connectivity index (χ4v) is 5.00. The summed E-state index contributed by atoms with van der Waals surface area (Å²) in [6.07, 6.45) is 5.56. The Bertz CT molecular complexity index is 864. The zero-order valence-electron chi connectivity index (χ0n) is 14.0. The lowest BCUT2D eigenvalue weighted by atomic mass is 9.97. The first kappa shape index (κ1) is 16.4. The van der Waals surface area contributed by atoms with E-state index in [2.05, 4.69) is 10.4 Å². The summed E-state index contributed by atoms with van der Waals surface area (Å²) in [5.74, 6) is 0.628. The quantitative estimate of drug-likeness (QED) is 0.678. The zero-order valence-corrected chi connectivity index (χ0v) is 15.6. The number of carbonyl (C=O) groups is 1. The highest BCUT2D eigenvalue weighted by Crippen LogP contribution is 2.33. The lowest BCUT2D eigenvalue weighted by molar-refractivity contribution is 0.0718. The van der Waals surface area contributed by atoms with E-state index in [1.54, 1.807) is 35.1 Å². The molecular formula is C19H19N3OS2. The van der Waals surface area contributed by atoms with Gasteiger partial charge >= 0.3 is 0 Å². The third-order valence-electron chi connectivity index (χ3n) is 4.58. The van der Waals surface area contributed by atoms with Gasteiger partial charge in [0.15, 0.2) is 0 Å². The van der Waals surface area contributed by atoms with E-state index in [-0.39, 0.29) is 5.91 Å². The van der Waals surface area contributed by atoms with Crippen molar-refractivity contribution in [1.82, 2.24) is 14.9 Å². The largest absolute Gasteiger partial charge is 0.338 e. The number of hydrogen-bond donors (Lipinski definition) is 0. The highest BCUT2D eigenvalue weighted by Gasteiger charge is 2.26. The monoisotopic (exact) mass is 369 g/mol. The van der Waals surface area contributed by atoms with E-state index in [1.807, 2.05) is 36.1 Å². The van der Waals surface area contributed by atoms with E-state index in [0.29, 0.717) is 5.92 Å². The van der Waals surface area contributed by atoms with Gasteiger partial charge in [-0.15, -0.1) is 22.7 Å². The number of pyridine rings is 1. The highest BCUT2D eigenvalue weighted by molar-refractivity contribution is 7.13. The van der Waals surface area contributed by atoms with Gasteiger partial charge in [0, 0.05) is 47.2 Å². The molecular weight excluding hydrogens is 350 g/mol. The minimum Gasteiger partial charge on any atom is -0.338 e. The van der Waals surface area contributed by atoms with Crippen molar-refractivity contribution >= 4 is 28.6 Å². The zero-order chi connectivity index (χ0) is 17.2. The summed E-state index contributed by atoms with van der Waals surface area (Å²) in [6.45, 7) is 3.66. The van der Waals surface area contributed by atoms with Gasteiger partial charge in [-0.3, -0.25) is 9.78 Å². The molecule has 0 atom stereocenters. The number of nitrogens with zero attached hydrogens (tertiary/aromatic N) is 3. The maximum Gasteiger partial charge on any atom is 0.263 e. The Hall–Kier alpha value is -2.05. The van der Waals surface area contributed by atoms with E-state index in [4.69, 9.17) is 4.98 Å². The van der Waals surface area contributed by atoms with Crippen molar-refractivity contribution in [2.45, 2.75) is 25.7 Å². The predicted octanol–water partition coefficient (Wildman–Crippen LogP) is 4.59. The molecule has 1 aliphatic heterocycles. The Morgan fingerprint density at radius 3 is 2.60 bits per heavy atom. The molecule has 128 valence electrons. The summed E-state index contributed by atoms with van der Waals surface area (Å²) in [5.41, 5.74) is 2.13. The third kappa shape index (κ3) is 3.50. The fraction of sp³-hybridized carbons (Fsp3) is 0.316. The normalized spacial score (nSPS) is 15.5. The van der Waals surface area contributed by atoms with Crippen LogP contribution in [0.4, 0.5) is 0 Å². The molecule has 0 radical (unpaired) electrons. The molecule has 4 rings (SSSR count). The molecule has 1 fully saturated rings. The van der Waals surface area contributed by atoms with Crippen LogP contribution in [-0.2, 0) is 0 Å². The maximum atomic E-state index is 12.6. The number of amides is 1. The molecule has 0 bridgehead atoms. The fourth-order valence-electron chi connectivity index (χ4n) is 3.17. The summed E-state index contributed by atoms with van der Waals surface area (Å²) in [5, 5.41) is 3.31. The van der Waals surface area contributed by atoms with Crippen molar-refractivity contribution in [3.63, 3.8) is 0 Å². The molecule has 3 aromatic rings.